The zero-order chi connectivity index (χ0) is 15.2. The summed E-state index contributed by atoms with van der Waals surface area (Å²) in [6, 6.07) is 15.9. The van der Waals surface area contributed by atoms with Gasteiger partial charge in [0.2, 0.25) is 0 Å². The van der Waals surface area contributed by atoms with Gasteiger partial charge in [-0.15, -0.1) is 0 Å². The highest BCUT2D eigenvalue weighted by Gasteiger charge is 2.15. The molecule has 3 heteroatoms. The van der Waals surface area contributed by atoms with Gasteiger partial charge >= 0.3 is 0 Å². The lowest BCUT2D eigenvalue weighted by atomic mass is 10.1. The summed E-state index contributed by atoms with van der Waals surface area (Å²) < 4.78 is 0. The molecule has 2 aromatic carbocycles. The maximum Gasteiger partial charge on any atom is 0.255 e. The predicted molar refractivity (Wildman–Crippen MR) is 87.6 cm³/mol. The molecular weight excluding hydrogens is 260 g/mol. The van der Waals surface area contributed by atoms with Crippen molar-refractivity contribution in [3.8, 4) is 0 Å². The number of carbonyl (C=O) groups is 1. The zero-order valence-corrected chi connectivity index (χ0v) is 12.9. The summed E-state index contributed by atoms with van der Waals surface area (Å²) in [7, 11) is 1.84. The second kappa shape index (κ2) is 6.93. The van der Waals surface area contributed by atoms with Crippen molar-refractivity contribution < 1.29 is 4.79 Å². The molecule has 0 aromatic heterocycles. The minimum Gasteiger partial charge on any atom is -0.385 e. The third-order valence-corrected chi connectivity index (χ3v) is 3.38. The first kappa shape index (κ1) is 15.1. The van der Waals surface area contributed by atoms with Gasteiger partial charge < -0.3 is 10.2 Å². The third kappa shape index (κ3) is 3.85. The van der Waals surface area contributed by atoms with Gasteiger partial charge in [0.1, 0.15) is 0 Å². The molecule has 0 heterocycles. The van der Waals surface area contributed by atoms with Crippen LogP contribution in [-0.4, -0.2) is 24.4 Å². The number of aryl methyl sites for hydroxylation is 1. The Balaban J connectivity index is 2.19. The maximum atomic E-state index is 12.6. The van der Waals surface area contributed by atoms with E-state index in [4.69, 9.17) is 0 Å². The number of nitrogens with one attached hydrogen (secondary N) is 1. The second-order valence-electron chi connectivity index (χ2n) is 5.23. The number of nitrogens with zero attached hydrogens (tertiary/aromatic N) is 1. The molecular formula is C18H22N2O. The van der Waals surface area contributed by atoms with Gasteiger partial charge in [0, 0.05) is 25.8 Å². The number of hydrogen-bond donors (Lipinski definition) is 1. The minimum absolute atomic E-state index is 0.0369. The lowest BCUT2D eigenvalue weighted by molar-refractivity contribution is 0.0786. The van der Waals surface area contributed by atoms with Crippen LogP contribution < -0.4 is 5.32 Å². The van der Waals surface area contributed by atoms with Crippen molar-refractivity contribution in [1.82, 2.24) is 4.90 Å². The highest BCUT2D eigenvalue weighted by Crippen LogP contribution is 2.20. The highest BCUT2D eigenvalue weighted by molar-refractivity contribution is 5.99. The molecule has 0 saturated heterocycles. The molecule has 0 unspecified atom stereocenters. The molecule has 2 aromatic rings. The Hall–Kier alpha value is -2.29. The summed E-state index contributed by atoms with van der Waals surface area (Å²) in [6.07, 6.45) is 0. The van der Waals surface area contributed by atoms with Gasteiger partial charge in [-0.3, -0.25) is 4.79 Å². The molecule has 0 bridgehead atoms. The molecule has 1 amide bonds. The number of carbonyl (C=O) groups excluding carboxylic acids is 1. The Morgan fingerprint density at radius 2 is 1.86 bits per heavy atom. The quantitative estimate of drug-likeness (QED) is 0.907. The largest absolute Gasteiger partial charge is 0.385 e. The molecule has 0 fully saturated rings. The van der Waals surface area contributed by atoms with Crippen LogP contribution in [0.3, 0.4) is 0 Å². The molecule has 0 atom stereocenters. The molecule has 0 aliphatic rings. The topological polar surface area (TPSA) is 32.3 Å². The summed E-state index contributed by atoms with van der Waals surface area (Å²) in [5.41, 5.74) is 3.90. The van der Waals surface area contributed by atoms with Gasteiger partial charge in [-0.25, -0.2) is 0 Å². The molecule has 110 valence electrons. The summed E-state index contributed by atoms with van der Waals surface area (Å²) >= 11 is 0. The summed E-state index contributed by atoms with van der Waals surface area (Å²) in [5, 5.41) is 3.27. The highest BCUT2D eigenvalue weighted by atomic mass is 16.2. The van der Waals surface area contributed by atoms with Gasteiger partial charge in [-0.05, 0) is 37.1 Å². The van der Waals surface area contributed by atoms with Crippen molar-refractivity contribution in [1.29, 1.82) is 0 Å². The Bertz CT molecular complexity index is 608. The SMILES string of the molecule is CCNc1cc(C)ccc1C(=O)N(C)Cc1ccccc1. The van der Waals surface area contributed by atoms with Crippen LogP contribution >= 0.6 is 0 Å². The van der Waals surface area contributed by atoms with Crippen molar-refractivity contribution in [2.75, 3.05) is 18.9 Å². The smallest absolute Gasteiger partial charge is 0.255 e. The van der Waals surface area contributed by atoms with E-state index in [1.165, 1.54) is 0 Å². The Morgan fingerprint density at radius 3 is 2.52 bits per heavy atom. The molecule has 1 N–H and O–H groups in total. The predicted octanol–water partition coefficient (Wildman–Crippen LogP) is 3.70. The number of hydrogen-bond acceptors (Lipinski definition) is 2. The van der Waals surface area contributed by atoms with E-state index in [2.05, 4.69) is 5.32 Å². The maximum absolute atomic E-state index is 12.6. The zero-order valence-electron chi connectivity index (χ0n) is 12.9. The summed E-state index contributed by atoms with van der Waals surface area (Å²) in [5.74, 6) is 0.0369. The fourth-order valence-electron chi connectivity index (χ4n) is 2.32. The first-order valence-electron chi connectivity index (χ1n) is 7.25. The molecule has 0 radical (unpaired) electrons. The summed E-state index contributed by atoms with van der Waals surface area (Å²) in [4.78, 5) is 14.4. The van der Waals surface area contributed by atoms with Crippen LogP contribution in [0, 0.1) is 6.92 Å². The van der Waals surface area contributed by atoms with E-state index in [1.807, 2.05) is 69.4 Å². The Kier molecular flexibility index (Phi) is 4.99. The third-order valence-electron chi connectivity index (χ3n) is 3.38. The van der Waals surface area contributed by atoms with Crippen LogP contribution in [0.5, 0.6) is 0 Å². The minimum atomic E-state index is 0.0369. The van der Waals surface area contributed by atoms with Crippen LogP contribution in [0.4, 0.5) is 5.69 Å². The first-order valence-corrected chi connectivity index (χ1v) is 7.25. The molecule has 0 aliphatic carbocycles. The van der Waals surface area contributed by atoms with E-state index >= 15 is 0 Å². The lowest BCUT2D eigenvalue weighted by Crippen LogP contribution is -2.27. The fraction of sp³-hybridized carbons (Fsp3) is 0.278. The van der Waals surface area contributed by atoms with Crippen molar-refractivity contribution in [2.45, 2.75) is 20.4 Å². The Labute approximate surface area is 126 Å². The van der Waals surface area contributed by atoms with Crippen LogP contribution in [0.25, 0.3) is 0 Å². The molecule has 2 rings (SSSR count). The van der Waals surface area contributed by atoms with E-state index < -0.39 is 0 Å². The van der Waals surface area contributed by atoms with Gasteiger partial charge in [-0.2, -0.15) is 0 Å². The second-order valence-corrected chi connectivity index (χ2v) is 5.23. The van der Waals surface area contributed by atoms with E-state index in [0.29, 0.717) is 6.54 Å². The van der Waals surface area contributed by atoms with Gasteiger partial charge in [0.25, 0.3) is 5.91 Å². The molecule has 0 aliphatic heterocycles. The normalized spacial score (nSPS) is 10.2. The van der Waals surface area contributed by atoms with Gasteiger partial charge in [-0.1, -0.05) is 36.4 Å². The fourth-order valence-corrected chi connectivity index (χ4v) is 2.32. The molecule has 0 spiro atoms. The Morgan fingerprint density at radius 1 is 1.14 bits per heavy atom. The molecule has 3 nitrogen and oxygen atoms in total. The van der Waals surface area contributed by atoms with Crippen LogP contribution in [0.1, 0.15) is 28.4 Å². The van der Waals surface area contributed by atoms with Crippen LogP contribution in [0.2, 0.25) is 0 Å². The average molecular weight is 282 g/mol. The first-order chi connectivity index (χ1) is 10.1. The average Bonchev–Trinajstić information content (AvgIpc) is 2.48. The van der Waals surface area contributed by atoms with Crippen molar-refractivity contribution in [3.05, 3.63) is 65.2 Å². The van der Waals surface area contributed by atoms with Crippen molar-refractivity contribution in [2.24, 2.45) is 0 Å². The van der Waals surface area contributed by atoms with Gasteiger partial charge in [0.05, 0.1) is 5.56 Å². The van der Waals surface area contributed by atoms with E-state index in [0.717, 1.165) is 28.9 Å². The molecule has 0 saturated carbocycles. The monoisotopic (exact) mass is 282 g/mol. The van der Waals surface area contributed by atoms with Crippen LogP contribution in [0.15, 0.2) is 48.5 Å². The van der Waals surface area contributed by atoms with E-state index in [-0.39, 0.29) is 5.91 Å². The standard InChI is InChI=1S/C18H22N2O/c1-4-19-17-12-14(2)10-11-16(17)18(21)20(3)13-15-8-6-5-7-9-15/h5-12,19H,4,13H2,1-3H3. The summed E-state index contributed by atoms with van der Waals surface area (Å²) in [6.45, 7) is 5.47. The number of anilines is 1. The van der Waals surface area contributed by atoms with Crippen molar-refractivity contribution in [3.63, 3.8) is 0 Å². The van der Waals surface area contributed by atoms with E-state index in [9.17, 15) is 4.79 Å². The number of benzene rings is 2. The van der Waals surface area contributed by atoms with Crippen LogP contribution in [-0.2, 0) is 6.54 Å². The lowest BCUT2D eigenvalue weighted by Gasteiger charge is -2.20. The number of amides is 1. The van der Waals surface area contributed by atoms with Crippen molar-refractivity contribution >= 4 is 11.6 Å². The number of rotatable bonds is 5. The van der Waals surface area contributed by atoms with E-state index in [1.54, 1.807) is 4.90 Å². The molecule has 21 heavy (non-hydrogen) atoms. The van der Waals surface area contributed by atoms with Gasteiger partial charge in [0.15, 0.2) is 0 Å².